The summed E-state index contributed by atoms with van der Waals surface area (Å²) in [5.74, 6) is 0.0840. The van der Waals surface area contributed by atoms with Crippen LogP contribution in [0.5, 0.6) is 0 Å². The molecule has 0 aliphatic rings. The van der Waals surface area contributed by atoms with Crippen molar-refractivity contribution >= 4 is 5.78 Å². The lowest BCUT2D eigenvalue weighted by Gasteiger charge is -2.19. The quantitative estimate of drug-likeness (QED) is 0.724. The fraction of sp³-hybridized carbons (Fsp3) is 0.385. The lowest BCUT2D eigenvalue weighted by atomic mass is 10.1. The van der Waals surface area contributed by atoms with Crippen LogP contribution in [-0.4, -0.2) is 30.3 Å². The minimum Gasteiger partial charge on any atom is -0.296 e. The molecule has 3 heteroatoms. The van der Waals surface area contributed by atoms with Crippen molar-refractivity contribution in [3.8, 4) is 6.07 Å². The number of hydrogen-bond donors (Lipinski definition) is 0. The van der Waals surface area contributed by atoms with Gasteiger partial charge in [-0.05, 0) is 33.0 Å². The molecule has 16 heavy (non-hydrogen) atoms. The zero-order valence-electron chi connectivity index (χ0n) is 9.90. The number of Topliss-reactive ketones (excluding diaryl/α,β-unsaturated/α-hetero) is 1. The van der Waals surface area contributed by atoms with E-state index in [1.54, 1.807) is 24.3 Å². The number of hydrogen-bond acceptors (Lipinski definition) is 3. The number of carbonyl (C=O) groups excluding carboxylic acids is 1. The molecule has 0 aliphatic carbocycles. The lowest BCUT2D eigenvalue weighted by Crippen LogP contribution is -2.31. The molecule has 0 spiro atoms. The Bertz CT molecular complexity index is 401. The fourth-order valence-corrected chi connectivity index (χ4v) is 1.23. The summed E-state index contributed by atoms with van der Waals surface area (Å²) in [6.07, 6.45) is 0. The van der Waals surface area contributed by atoms with E-state index in [4.69, 9.17) is 5.26 Å². The Morgan fingerprint density at radius 2 is 1.94 bits per heavy atom. The summed E-state index contributed by atoms with van der Waals surface area (Å²) in [6.45, 7) is 4.50. The first kappa shape index (κ1) is 12.4. The first-order valence-corrected chi connectivity index (χ1v) is 5.28. The van der Waals surface area contributed by atoms with Crippen molar-refractivity contribution in [2.45, 2.75) is 19.9 Å². The van der Waals surface area contributed by atoms with E-state index in [0.29, 0.717) is 23.7 Å². The minimum absolute atomic E-state index is 0.0840. The van der Waals surface area contributed by atoms with Crippen molar-refractivity contribution in [2.75, 3.05) is 13.6 Å². The highest BCUT2D eigenvalue weighted by molar-refractivity contribution is 5.97. The van der Waals surface area contributed by atoms with E-state index < -0.39 is 0 Å². The second-order valence-corrected chi connectivity index (χ2v) is 4.12. The number of likely N-dealkylation sites (N-methyl/N-ethyl adjacent to an activating group) is 1. The molecule has 3 nitrogen and oxygen atoms in total. The Kier molecular flexibility index (Phi) is 4.21. The van der Waals surface area contributed by atoms with Crippen molar-refractivity contribution in [1.29, 1.82) is 5.26 Å². The maximum absolute atomic E-state index is 11.8. The number of benzene rings is 1. The molecule has 0 heterocycles. The van der Waals surface area contributed by atoms with Gasteiger partial charge in [-0.1, -0.05) is 12.1 Å². The summed E-state index contributed by atoms with van der Waals surface area (Å²) in [7, 11) is 1.92. The molecule has 0 fully saturated rings. The number of carbonyl (C=O) groups is 1. The van der Waals surface area contributed by atoms with Gasteiger partial charge in [-0.15, -0.1) is 0 Å². The molecule has 1 aromatic rings. The number of nitriles is 1. The molecule has 0 aromatic heterocycles. The third-order valence-electron chi connectivity index (χ3n) is 2.61. The molecule has 0 amide bonds. The minimum atomic E-state index is 0.0840. The SMILES string of the molecule is CC(C)N(C)CC(=O)c1ccc(C#N)cc1. The Morgan fingerprint density at radius 1 is 1.38 bits per heavy atom. The molecule has 0 saturated carbocycles. The van der Waals surface area contributed by atoms with Gasteiger partial charge in [0.25, 0.3) is 0 Å². The summed E-state index contributed by atoms with van der Waals surface area (Å²) in [6, 6.07) is 9.13. The Morgan fingerprint density at radius 3 is 2.38 bits per heavy atom. The van der Waals surface area contributed by atoms with Gasteiger partial charge in [0.2, 0.25) is 0 Å². The first-order valence-electron chi connectivity index (χ1n) is 5.28. The van der Waals surface area contributed by atoms with Crippen LogP contribution in [0.4, 0.5) is 0 Å². The van der Waals surface area contributed by atoms with Crippen molar-refractivity contribution in [2.24, 2.45) is 0 Å². The average molecular weight is 216 g/mol. The average Bonchev–Trinajstić information content (AvgIpc) is 2.28. The molecule has 0 bridgehead atoms. The van der Waals surface area contributed by atoms with E-state index in [-0.39, 0.29) is 5.78 Å². The molecule has 1 aromatic carbocycles. The Balaban J connectivity index is 2.70. The zero-order valence-corrected chi connectivity index (χ0v) is 9.90. The summed E-state index contributed by atoms with van der Waals surface area (Å²) in [5.41, 5.74) is 1.24. The van der Waals surface area contributed by atoms with E-state index in [9.17, 15) is 4.79 Å². The third-order valence-corrected chi connectivity index (χ3v) is 2.61. The molecule has 1 rings (SSSR count). The molecule has 84 valence electrons. The second kappa shape index (κ2) is 5.43. The number of rotatable bonds is 4. The van der Waals surface area contributed by atoms with Gasteiger partial charge in [0, 0.05) is 11.6 Å². The van der Waals surface area contributed by atoms with Crippen LogP contribution in [0.1, 0.15) is 29.8 Å². The summed E-state index contributed by atoms with van der Waals surface area (Å²) in [5, 5.41) is 8.64. The summed E-state index contributed by atoms with van der Waals surface area (Å²) >= 11 is 0. The standard InChI is InChI=1S/C13H16N2O/c1-10(2)15(3)9-13(16)12-6-4-11(8-14)5-7-12/h4-7,10H,9H2,1-3H3. The maximum Gasteiger partial charge on any atom is 0.176 e. The maximum atomic E-state index is 11.8. The van der Waals surface area contributed by atoms with Crippen LogP contribution in [0.2, 0.25) is 0 Å². The lowest BCUT2D eigenvalue weighted by molar-refractivity contribution is 0.0929. The normalized spacial score (nSPS) is 10.5. The second-order valence-electron chi connectivity index (χ2n) is 4.12. The van der Waals surface area contributed by atoms with E-state index in [1.165, 1.54) is 0 Å². The fourth-order valence-electron chi connectivity index (χ4n) is 1.23. The van der Waals surface area contributed by atoms with Crippen LogP contribution >= 0.6 is 0 Å². The van der Waals surface area contributed by atoms with Gasteiger partial charge in [0.15, 0.2) is 5.78 Å². The Hall–Kier alpha value is -1.66. The number of ketones is 1. The van der Waals surface area contributed by atoms with Crippen molar-refractivity contribution in [3.05, 3.63) is 35.4 Å². The van der Waals surface area contributed by atoms with E-state index in [2.05, 4.69) is 0 Å². The molecule has 0 atom stereocenters. The molecule has 0 unspecified atom stereocenters. The number of nitrogens with zero attached hydrogens (tertiary/aromatic N) is 2. The van der Waals surface area contributed by atoms with Crippen molar-refractivity contribution in [1.82, 2.24) is 4.90 Å². The van der Waals surface area contributed by atoms with Crippen LogP contribution in [0.25, 0.3) is 0 Å². The van der Waals surface area contributed by atoms with Gasteiger partial charge in [0.05, 0.1) is 18.2 Å². The third kappa shape index (κ3) is 3.18. The molecule has 0 radical (unpaired) electrons. The largest absolute Gasteiger partial charge is 0.296 e. The molecular formula is C13H16N2O. The van der Waals surface area contributed by atoms with Gasteiger partial charge in [-0.3, -0.25) is 9.69 Å². The van der Waals surface area contributed by atoms with Crippen LogP contribution in [0.3, 0.4) is 0 Å². The topological polar surface area (TPSA) is 44.1 Å². The van der Waals surface area contributed by atoms with E-state index >= 15 is 0 Å². The zero-order chi connectivity index (χ0) is 12.1. The summed E-state index contributed by atoms with van der Waals surface area (Å²) in [4.78, 5) is 13.8. The predicted octanol–water partition coefficient (Wildman–Crippen LogP) is 2.08. The molecule has 0 N–H and O–H groups in total. The first-order chi connectivity index (χ1) is 7.54. The van der Waals surface area contributed by atoms with Crippen LogP contribution in [0.15, 0.2) is 24.3 Å². The van der Waals surface area contributed by atoms with E-state index in [1.807, 2.05) is 31.9 Å². The highest BCUT2D eigenvalue weighted by Crippen LogP contribution is 2.06. The van der Waals surface area contributed by atoms with Gasteiger partial charge < -0.3 is 0 Å². The van der Waals surface area contributed by atoms with Crippen molar-refractivity contribution in [3.63, 3.8) is 0 Å². The van der Waals surface area contributed by atoms with Crippen LogP contribution in [0, 0.1) is 11.3 Å². The van der Waals surface area contributed by atoms with Crippen LogP contribution in [-0.2, 0) is 0 Å². The monoisotopic (exact) mass is 216 g/mol. The van der Waals surface area contributed by atoms with Gasteiger partial charge in [-0.2, -0.15) is 5.26 Å². The van der Waals surface area contributed by atoms with Gasteiger partial charge in [0.1, 0.15) is 0 Å². The smallest absolute Gasteiger partial charge is 0.176 e. The molecule has 0 saturated heterocycles. The van der Waals surface area contributed by atoms with Gasteiger partial charge >= 0.3 is 0 Å². The summed E-state index contributed by atoms with van der Waals surface area (Å²) < 4.78 is 0. The molecule has 0 aliphatic heterocycles. The van der Waals surface area contributed by atoms with E-state index in [0.717, 1.165) is 0 Å². The molecular weight excluding hydrogens is 200 g/mol. The predicted molar refractivity (Wildman–Crippen MR) is 63.3 cm³/mol. The van der Waals surface area contributed by atoms with Gasteiger partial charge in [-0.25, -0.2) is 0 Å². The van der Waals surface area contributed by atoms with Crippen LogP contribution < -0.4 is 0 Å². The highest BCUT2D eigenvalue weighted by Gasteiger charge is 2.11. The Labute approximate surface area is 96.3 Å². The van der Waals surface area contributed by atoms with Crippen molar-refractivity contribution < 1.29 is 4.79 Å². The highest BCUT2D eigenvalue weighted by atomic mass is 16.1.